The molecule has 29 heavy (non-hydrogen) atoms. The molecule has 1 heterocycles. The topological polar surface area (TPSA) is 58.2 Å². The Morgan fingerprint density at radius 1 is 1.00 bits per heavy atom. The van der Waals surface area contributed by atoms with Crippen molar-refractivity contribution in [3.8, 4) is 0 Å². The number of hydrogen-bond acceptors (Lipinski definition) is 3. The van der Waals surface area contributed by atoms with Crippen LogP contribution in [-0.4, -0.2) is 11.8 Å². The van der Waals surface area contributed by atoms with Crippen LogP contribution in [0.2, 0.25) is 5.02 Å². The predicted molar refractivity (Wildman–Crippen MR) is 108 cm³/mol. The van der Waals surface area contributed by atoms with Crippen molar-refractivity contribution < 1.29 is 22.8 Å². The Kier molecular flexibility index (Phi) is 5.95. The number of anilines is 2. The third-order valence-corrected chi connectivity index (χ3v) is 5.34. The van der Waals surface area contributed by atoms with Gasteiger partial charge in [0.1, 0.15) is 5.00 Å². The lowest BCUT2D eigenvalue weighted by molar-refractivity contribution is -0.137. The summed E-state index contributed by atoms with van der Waals surface area (Å²) in [5.41, 5.74) is 0.307. The van der Waals surface area contributed by atoms with E-state index in [0.29, 0.717) is 16.3 Å². The number of thiophene rings is 1. The van der Waals surface area contributed by atoms with Gasteiger partial charge in [-0.25, -0.2) is 0 Å². The van der Waals surface area contributed by atoms with Crippen molar-refractivity contribution in [2.24, 2.45) is 0 Å². The smallest absolute Gasteiger partial charge is 0.322 e. The summed E-state index contributed by atoms with van der Waals surface area (Å²) in [7, 11) is 0. The van der Waals surface area contributed by atoms with E-state index in [0.717, 1.165) is 29.5 Å². The highest BCUT2D eigenvalue weighted by molar-refractivity contribution is 7.14. The lowest BCUT2D eigenvalue weighted by Crippen LogP contribution is -2.17. The monoisotopic (exact) mass is 438 g/mol. The summed E-state index contributed by atoms with van der Waals surface area (Å²) in [5, 5.41) is 7.54. The molecule has 0 bridgehead atoms. The van der Waals surface area contributed by atoms with E-state index in [4.69, 9.17) is 11.6 Å². The van der Waals surface area contributed by atoms with Crippen LogP contribution in [0.1, 0.15) is 31.8 Å². The van der Waals surface area contributed by atoms with Gasteiger partial charge in [-0.3, -0.25) is 9.59 Å². The van der Waals surface area contributed by atoms with Crippen LogP contribution in [0.15, 0.2) is 53.9 Å². The summed E-state index contributed by atoms with van der Waals surface area (Å²) in [5.74, 6) is -1.22. The predicted octanol–water partition coefficient (Wildman–Crippen LogP) is 6.23. The first-order chi connectivity index (χ1) is 13.7. The van der Waals surface area contributed by atoms with Gasteiger partial charge < -0.3 is 10.6 Å². The highest BCUT2D eigenvalue weighted by Crippen LogP contribution is 2.31. The molecule has 2 amide bonds. The molecule has 0 aliphatic carbocycles. The van der Waals surface area contributed by atoms with Crippen LogP contribution in [0.4, 0.5) is 23.9 Å². The zero-order valence-electron chi connectivity index (χ0n) is 14.9. The van der Waals surface area contributed by atoms with Crippen molar-refractivity contribution in [1.29, 1.82) is 0 Å². The van der Waals surface area contributed by atoms with Gasteiger partial charge in [-0.15, -0.1) is 11.3 Å². The van der Waals surface area contributed by atoms with Crippen LogP contribution in [0.25, 0.3) is 0 Å². The fourth-order valence-electron chi connectivity index (χ4n) is 2.53. The van der Waals surface area contributed by atoms with Gasteiger partial charge >= 0.3 is 6.18 Å². The number of hydrogen-bond donors (Lipinski definition) is 2. The molecule has 0 radical (unpaired) electrons. The number of benzene rings is 2. The van der Waals surface area contributed by atoms with Crippen molar-refractivity contribution in [2.75, 3.05) is 10.6 Å². The van der Waals surface area contributed by atoms with Gasteiger partial charge in [0.15, 0.2) is 0 Å². The Morgan fingerprint density at radius 2 is 1.72 bits per heavy atom. The standard InChI is InChI=1S/C20H14ClF3N2O2S/c1-11-15(21)6-3-7-16(11)25-18(28)14-8-9-29-19(14)26-17(27)12-4-2-5-13(10-12)20(22,23)24/h2-10H,1H3,(H,25,28)(H,26,27). The van der Waals surface area contributed by atoms with Crippen LogP contribution in [0.3, 0.4) is 0 Å². The molecule has 0 aliphatic heterocycles. The van der Waals surface area contributed by atoms with Gasteiger partial charge in [-0.1, -0.05) is 23.7 Å². The van der Waals surface area contributed by atoms with Crippen molar-refractivity contribution in [2.45, 2.75) is 13.1 Å². The maximum atomic E-state index is 12.9. The minimum Gasteiger partial charge on any atom is -0.322 e. The third-order valence-electron chi connectivity index (χ3n) is 4.10. The molecule has 4 nitrogen and oxygen atoms in total. The minimum atomic E-state index is -4.56. The molecule has 0 aliphatic rings. The normalized spacial score (nSPS) is 11.2. The Balaban J connectivity index is 1.79. The molecule has 1 aromatic heterocycles. The van der Waals surface area contributed by atoms with Gasteiger partial charge in [0.2, 0.25) is 0 Å². The fraction of sp³-hybridized carbons (Fsp3) is 0.100. The second-order valence-electron chi connectivity index (χ2n) is 6.06. The van der Waals surface area contributed by atoms with E-state index >= 15 is 0 Å². The molecule has 0 unspecified atom stereocenters. The molecule has 0 atom stereocenters. The molecule has 0 spiro atoms. The molecule has 2 N–H and O–H groups in total. The maximum Gasteiger partial charge on any atom is 0.416 e. The number of nitrogens with one attached hydrogen (secondary N) is 2. The average Bonchev–Trinajstić information content (AvgIpc) is 3.13. The first-order valence-corrected chi connectivity index (χ1v) is 9.55. The van der Waals surface area contributed by atoms with Crippen molar-refractivity contribution >= 4 is 45.4 Å². The number of rotatable bonds is 4. The van der Waals surface area contributed by atoms with E-state index in [1.807, 2.05) is 0 Å². The number of halogens is 4. The van der Waals surface area contributed by atoms with Gasteiger partial charge in [-0.2, -0.15) is 13.2 Å². The fourth-order valence-corrected chi connectivity index (χ4v) is 3.48. The summed E-state index contributed by atoms with van der Waals surface area (Å²) in [4.78, 5) is 25.0. The molecule has 0 fully saturated rings. The Morgan fingerprint density at radius 3 is 2.45 bits per heavy atom. The van der Waals surface area contributed by atoms with Gasteiger partial charge in [-0.05, 0) is 54.3 Å². The highest BCUT2D eigenvalue weighted by Gasteiger charge is 2.31. The van der Waals surface area contributed by atoms with E-state index in [1.54, 1.807) is 30.5 Å². The first kappa shape index (κ1) is 20.9. The lowest BCUT2D eigenvalue weighted by atomic mass is 10.1. The summed E-state index contributed by atoms with van der Waals surface area (Å²) >= 11 is 7.14. The molecule has 0 saturated heterocycles. The highest BCUT2D eigenvalue weighted by atomic mass is 35.5. The summed E-state index contributed by atoms with van der Waals surface area (Å²) in [6, 6.07) is 10.7. The largest absolute Gasteiger partial charge is 0.416 e. The second-order valence-corrected chi connectivity index (χ2v) is 7.39. The van der Waals surface area contributed by atoms with Crippen molar-refractivity contribution in [3.63, 3.8) is 0 Å². The number of amides is 2. The Labute approximate surface area is 173 Å². The van der Waals surface area contributed by atoms with Gasteiger partial charge in [0, 0.05) is 16.3 Å². The average molecular weight is 439 g/mol. The van der Waals surface area contributed by atoms with Crippen molar-refractivity contribution in [3.05, 3.63) is 81.2 Å². The minimum absolute atomic E-state index is 0.162. The molecular formula is C20H14ClF3N2O2S. The zero-order chi connectivity index (χ0) is 21.2. The summed E-state index contributed by atoms with van der Waals surface area (Å²) in [6.45, 7) is 1.75. The van der Waals surface area contributed by atoms with E-state index in [1.165, 1.54) is 12.1 Å². The van der Waals surface area contributed by atoms with E-state index < -0.39 is 23.6 Å². The maximum absolute atomic E-state index is 12.9. The molecular weight excluding hydrogens is 425 g/mol. The number of carbonyl (C=O) groups excluding carboxylic acids is 2. The van der Waals surface area contributed by atoms with Crippen LogP contribution >= 0.6 is 22.9 Å². The number of carbonyl (C=O) groups is 2. The lowest BCUT2D eigenvalue weighted by Gasteiger charge is -2.11. The molecule has 9 heteroatoms. The summed E-state index contributed by atoms with van der Waals surface area (Å²) < 4.78 is 38.6. The van der Waals surface area contributed by atoms with Crippen LogP contribution in [0.5, 0.6) is 0 Å². The number of alkyl halides is 3. The van der Waals surface area contributed by atoms with E-state index in [-0.39, 0.29) is 16.1 Å². The van der Waals surface area contributed by atoms with Crippen LogP contribution < -0.4 is 10.6 Å². The zero-order valence-corrected chi connectivity index (χ0v) is 16.5. The first-order valence-electron chi connectivity index (χ1n) is 8.29. The molecule has 2 aromatic carbocycles. The molecule has 3 aromatic rings. The Bertz CT molecular complexity index is 1080. The Hall–Kier alpha value is -2.84. The van der Waals surface area contributed by atoms with Crippen molar-refractivity contribution in [1.82, 2.24) is 0 Å². The van der Waals surface area contributed by atoms with Gasteiger partial charge in [0.25, 0.3) is 11.8 Å². The SMILES string of the molecule is Cc1c(Cl)cccc1NC(=O)c1ccsc1NC(=O)c1cccc(C(F)(F)F)c1. The second kappa shape index (κ2) is 8.26. The molecule has 0 saturated carbocycles. The van der Waals surface area contributed by atoms with E-state index in [2.05, 4.69) is 10.6 Å². The van der Waals surface area contributed by atoms with E-state index in [9.17, 15) is 22.8 Å². The molecule has 3 rings (SSSR count). The van der Waals surface area contributed by atoms with Gasteiger partial charge in [0.05, 0.1) is 11.1 Å². The third kappa shape index (κ3) is 4.78. The summed E-state index contributed by atoms with van der Waals surface area (Å²) in [6.07, 6.45) is -4.56. The van der Waals surface area contributed by atoms with Crippen LogP contribution in [0, 0.1) is 6.92 Å². The molecule has 150 valence electrons. The quantitative estimate of drug-likeness (QED) is 0.507. The van der Waals surface area contributed by atoms with Crippen LogP contribution in [-0.2, 0) is 6.18 Å².